The SMILES string of the molecule is CC(C)CC(=O)N1CCN(C(=O)C2CSCCN2)CC1. The van der Waals surface area contributed by atoms with Crippen molar-refractivity contribution in [2.75, 3.05) is 44.2 Å². The second kappa shape index (κ2) is 7.31. The van der Waals surface area contributed by atoms with Crippen LogP contribution in [-0.2, 0) is 9.59 Å². The minimum Gasteiger partial charge on any atom is -0.339 e. The number of hydrogen-bond acceptors (Lipinski definition) is 4. The fourth-order valence-electron chi connectivity index (χ4n) is 2.60. The summed E-state index contributed by atoms with van der Waals surface area (Å²) in [6.07, 6.45) is 0.606. The van der Waals surface area contributed by atoms with Gasteiger partial charge >= 0.3 is 0 Å². The Labute approximate surface area is 125 Å². The van der Waals surface area contributed by atoms with E-state index in [0.29, 0.717) is 38.5 Å². The normalized spacial score (nSPS) is 24.1. The predicted molar refractivity (Wildman–Crippen MR) is 81.7 cm³/mol. The maximum atomic E-state index is 12.4. The third-order valence-corrected chi connectivity index (χ3v) is 4.81. The number of amides is 2. The second-order valence-corrected chi connectivity index (χ2v) is 7.04. The number of carbonyl (C=O) groups is 2. The summed E-state index contributed by atoms with van der Waals surface area (Å²) < 4.78 is 0. The maximum absolute atomic E-state index is 12.4. The van der Waals surface area contributed by atoms with Crippen molar-refractivity contribution >= 4 is 23.6 Å². The standard InChI is InChI=1S/C14H25N3O2S/c1-11(2)9-13(18)16-4-6-17(7-5-16)14(19)12-10-20-8-3-15-12/h11-12,15H,3-10H2,1-2H3. The average Bonchev–Trinajstić information content (AvgIpc) is 2.47. The van der Waals surface area contributed by atoms with Crippen molar-refractivity contribution in [2.45, 2.75) is 26.3 Å². The van der Waals surface area contributed by atoms with Gasteiger partial charge in [-0.3, -0.25) is 9.59 Å². The molecule has 0 aromatic rings. The molecule has 1 N–H and O–H groups in total. The first kappa shape index (κ1) is 15.6. The highest BCUT2D eigenvalue weighted by atomic mass is 32.2. The topological polar surface area (TPSA) is 52.7 Å². The van der Waals surface area contributed by atoms with E-state index >= 15 is 0 Å². The van der Waals surface area contributed by atoms with Crippen LogP contribution in [0.5, 0.6) is 0 Å². The Kier molecular flexibility index (Phi) is 5.72. The average molecular weight is 299 g/mol. The number of hydrogen-bond donors (Lipinski definition) is 1. The molecule has 0 aromatic heterocycles. The lowest BCUT2D eigenvalue weighted by Crippen LogP contribution is -2.56. The van der Waals surface area contributed by atoms with Crippen LogP contribution in [-0.4, -0.2) is 71.9 Å². The smallest absolute Gasteiger partial charge is 0.240 e. The summed E-state index contributed by atoms with van der Waals surface area (Å²) in [4.78, 5) is 28.1. The zero-order valence-corrected chi connectivity index (χ0v) is 13.2. The molecule has 0 aromatic carbocycles. The Morgan fingerprint density at radius 1 is 1.20 bits per heavy atom. The summed E-state index contributed by atoms with van der Waals surface area (Å²) in [6.45, 7) is 7.73. The van der Waals surface area contributed by atoms with Crippen molar-refractivity contribution < 1.29 is 9.59 Å². The predicted octanol–water partition coefficient (Wildman–Crippen LogP) is 0.408. The van der Waals surface area contributed by atoms with Crippen molar-refractivity contribution in [3.8, 4) is 0 Å². The first-order chi connectivity index (χ1) is 9.58. The van der Waals surface area contributed by atoms with Gasteiger partial charge in [-0.15, -0.1) is 0 Å². The van der Waals surface area contributed by atoms with Gasteiger partial charge in [0.05, 0.1) is 6.04 Å². The molecule has 0 saturated carbocycles. The van der Waals surface area contributed by atoms with Gasteiger partial charge in [0.15, 0.2) is 0 Å². The largest absolute Gasteiger partial charge is 0.339 e. The lowest BCUT2D eigenvalue weighted by Gasteiger charge is -2.37. The van der Waals surface area contributed by atoms with Crippen LogP contribution in [0.1, 0.15) is 20.3 Å². The molecule has 0 spiro atoms. The van der Waals surface area contributed by atoms with E-state index in [2.05, 4.69) is 19.2 Å². The zero-order chi connectivity index (χ0) is 14.5. The highest BCUT2D eigenvalue weighted by Gasteiger charge is 2.29. The molecule has 2 heterocycles. The quantitative estimate of drug-likeness (QED) is 0.820. The molecular weight excluding hydrogens is 274 g/mol. The number of piperazine rings is 1. The number of carbonyl (C=O) groups excluding carboxylic acids is 2. The Morgan fingerprint density at radius 3 is 2.40 bits per heavy atom. The molecule has 0 radical (unpaired) electrons. The molecule has 114 valence electrons. The van der Waals surface area contributed by atoms with Crippen LogP contribution in [0.25, 0.3) is 0 Å². The second-order valence-electron chi connectivity index (χ2n) is 5.89. The van der Waals surface area contributed by atoms with Gasteiger partial charge in [0.25, 0.3) is 0 Å². The summed E-state index contributed by atoms with van der Waals surface area (Å²) in [5, 5.41) is 3.28. The Balaban J connectivity index is 1.78. The summed E-state index contributed by atoms with van der Waals surface area (Å²) in [5.74, 6) is 2.77. The van der Waals surface area contributed by atoms with Crippen molar-refractivity contribution in [2.24, 2.45) is 5.92 Å². The number of thioether (sulfide) groups is 1. The van der Waals surface area contributed by atoms with Crippen molar-refractivity contribution in [1.29, 1.82) is 0 Å². The van der Waals surface area contributed by atoms with E-state index in [1.54, 1.807) is 0 Å². The Morgan fingerprint density at radius 2 is 1.85 bits per heavy atom. The fourth-order valence-corrected chi connectivity index (χ4v) is 3.52. The van der Waals surface area contributed by atoms with E-state index in [0.717, 1.165) is 18.1 Å². The summed E-state index contributed by atoms with van der Waals surface area (Å²) in [6, 6.07) is -0.0355. The first-order valence-corrected chi connectivity index (χ1v) is 8.61. The van der Waals surface area contributed by atoms with E-state index in [9.17, 15) is 9.59 Å². The van der Waals surface area contributed by atoms with E-state index < -0.39 is 0 Å². The first-order valence-electron chi connectivity index (χ1n) is 7.45. The molecule has 2 amide bonds. The van der Waals surface area contributed by atoms with Crippen LogP contribution < -0.4 is 5.32 Å². The van der Waals surface area contributed by atoms with Gasteiger partial charge in [-0.05, 0) is 5.92 Å². The molecule has 2 saturated heterocycles. The van der Waals surface area contributed by atoms with E-state index in [1.807, 2.05) is 21.6 Å². The number of nitrogens with one attached hydrogen (secondary N) is 1. The molecule has 2 aliphatic heterocycles. The summed E-state index contributed by atoms with van der Waals surface area (Å²) in [5.41, 5.74) is 0. The van der Waals surface area contributed by atoms with Crippen LogP contribution in [0.2, 0.25) is 0 Å². The molecule has 2 aliphatic rings. The summed E-state index contributed by atoms with van der Waals surface area (Å²) in [7, 11) is 0. The summed E-state index contributed by atoms with van der Waals surface area (Å²) >= 11 is 1.83. The van der Waals surface area contributed by atoms with Crippen LogP contribution >= 0.6 is 11.8 Å². The third kappa shape index (κ3) is 4.12. The maximum Gasteiger partial charge on any atom is 0.240 e. The van der Waals surface area contributed by atoms with Crippen LogP contribution in [0.15, 0.2) is 0 Å². The fraction of sp³-hybridized carbons (Fsp3) is 0.857. The molecule has 20 heavy (non-hydrogen) atoms. The minimum absolute atomic E-state index is 0.0355. The molecule has 1 unspecified atom stereocenters. The Hall–Kier alpha value is -0.750. The number of rotatable bonds is 3. The molecular formula is C14H25N3O2S. The van der Waals surface area contributed by atoms with Crippen molar-refractivity contribution in [3.63, 3.8) is 0 Å². The van der Waals surface area contributed by atoms with Crippen LogP contribution in [0.4, 0.5) is 0 Å². The van der Waals surface area contributed by atoms with Crippen LogP contribution in [0, 0.1) is 5.92 Å². The van der Waals surface area contributed by atoms with Gasteiger partial charge in [-0.1, -0.05) is 13.8 Å². The monoisotopic (exact) mass is 299 g/mol. The van der Waals surface area contributed by atoms with Crippen molar-refractivity contribution in [1.82, 2.24) is 15.1 Å². The van der Waals surface area contributed by atoms with E-state index in [-0.39, 0.29) is 17.9 Å². The van der Waals surface area contributed by atoms with E-state index in [4.69, 9.17) is 0 Å². The highest BCUT2D eigenvalue weighted by molar-refractivity contribution is 7.99. The third-order valence-electron chi connectivity index (χ3n) is 3.75. The van der Waals surface area contributed by atoms with Gasteiger partial charge in [-0.2, -0.15) is 11.8 Å². The van der Waals surface area contributed by atoms with Crippen LogP contribution in [0.3, 0.4) is 0 Å². The highest BCUT2D eigenvalue weighted by Crippen LogP contribution is 2.13. The molecule has 5 nitrogen and oxygen atoms in total. The molecule has 1 atom stereocenters. The lowest BCUT2D eigenvalue weighted by molar-refractivity contribution is -0.140. The molecule has 2 fully saturated rings. The molecule has 0 bridgehead atoms. The van der Waals surface area contributed by atoms with E-state index in [1.165, 1.54) is 0 Å². The Bertz CT molecular complexity index is 348. The minimum atomic E-state index is -0.0355. The van der Waals surface area contributed by atoms with Gasteiger partial charge in [0, 0.05) is 50.7 Å². The van der Waals surface area contributed by atoms with Crippen molar-refractivity contribution in [3.05, 3.63) is 0 Å². The van der Waals surface area contributed by atoms with Gasteiger partial charge in [0.2, 0.25) is 11.8 Å². The van der Waals surface area contributed by atoms with Gasteiger partial charge in [-0.25, -0.2) is 0 Å². The molecule has 2 rings (SSSR count). The lowest BCUT2D eigenvalue weighted by atomic mass is 10.1. The van der Waals surface area contributed by atoms with Gasteiger partial charge < -0.3 is 15.1 Å². The number of nitrogens with zero attached hydrogens (tertiary/aromatic N) is 2. The molecule has 0 aliphatic carbocycles. The van der Waals surface area contributed by atoms with Gasteiger partial charge in [0.1, 0.15) is 0 Å². The zero-order valence-electron chi connectivity index (χ0n) is 12.4. The molecule has 6 heteroatoms.